The number of hydrogen-bond acceptors (Lipinski definition) is 5. The Hall–Kier alpha value is -2.63. The number of carbonyl (C=O) groups is 2. The minimum Gasteiger partial charge on any atom is -0.378 e. The second kappa shape index (κ2) is 11.7. The minimum absolute atomic E-state index is 0.220. The Kier molecular flexibility index (Phi) is 8.41. The number of urea groups is 1. The van der Waals surface area contributed by atoms with Gasteiger partial charge in [0.1, 0.15) is 11.6 Å². The molecule has 2 atom stereocenters. The zero-order valence-corrected chi connectivity index (χ0v) is 20.0. The van der Waals surface area contributed by atoms with E-state index in [2.05, 4.69) is 33.7 Å². The van der Waals surface area contributed by atoms with Crippen LogP contribution >= 0.6 is 0 Å². The first kappa shape index (κ1) is 24.5. The first-order valence-corrected chi connectivity index (χ1v) is 12.7. The lowest BCUT2D eigenvalue weighted by molar-refractivity contribution is -0.124. The van der Waals surface area contributed by atoms with Crippen LogP contribution in [0.5, 0.6) is 0 Å². The second-order valence-corrected chi connectivity index (χ2v) is 9.97. The van der Waals surface area contributed by atoms with Crippen LogP contribution in [0.2, 0.25) is 0 Å². The zero-order valence-electron chi connectivity index (χ0n) is 20.0. The van der Waals surface area contributed by atoms with Gasteiger partial charge in [-0.3, -0.25) is 9.69 Å². The summed E-state index contributed by atoms with van der Waals surface area (Å²) in [7, 11) is 0. The van der Waals surface area contributed by atoms with Crippen molar-refractivity contribution < 1.29 is 14.3 Å². The minimum atomic E-state index is -0.930. The van der Waals surface area contributed by atoms with Crippen molar-refractivity contribution in [3.63, 3.8) is 0 Å². The molecule has 1 aromatic carbocycles. The van der Waals surface area contributed by atoms with Crippen LogP contribution in [0.4, 0.5) is 4.79 Å². The molecule has 8 heteroatoms. The van der Waals surface area contributed by atoms with Gasteiger partial charge in [0.25, 0.3) is 0 Å². The van der Waals surface area contributed by atoms with Gasteiger partial charge < -0.3 is 20.3 Å². The maximum absolute atomic E-state index is 13.5. The van der Waals surface area contributed by atoms with Crippen molar-refractivity contribution in [1.29, 1.82) is 5.26 Å². The number of carbonyl (C=O) groups excluding carboxylic acids is 2. The summed E-state index contributed by atoms with van der Waals surface area (Å²) in [4.78, 5) is 30.3. The van der Waals surface area contributed by atoms with Gasteiger partial charge in [-0.1, -0.05) is 62.4 Å². The third kappa shape index (κ3) is 6.49. The molecule has 1 aliphatic carbocycles. The number of hydrogen-bond donors (Lipinski definition) is 2. The fraction of sp³-hybridized carbons (Fsp3) is 0.654. The molecule has 2 N–H and O–H groups in total. The lowest BCUT2D eigenvalue weighted by Crippen LogP contribution is -2.58. The summed E-state index contributed by atoms with van der Waals surface area (Å²) < 4.78 is 5.35. The Labute approximate surface area is 202 Å². The average molecular weight is 468 g/mol. The summed E-state index contributed by atoms with van der Waals surface area (Å²) in [5.74, 6) is 0.181. The summed E-state index contributed by atoms with van der Waals surface area (Å²) >= 11 is 0. The number of nitrogens with zero attached hydrogens (tertiary/aromatic N) is 3. The molecule has 2 heterocycles. The molecule has 0 radical (unpaired) electrons. The molecule has 4 rings (SSSR count). The smallest absolute Gasteiger partial charge is 0.318 e. The molecular weight excluding hydrogens is 430 g/mol. The highest BCUT2D eigenvalue weighted by molar-refractivity contribution is 5.88. The van der Waals surface area contributed by atoms with Crippen molar-refractivity contribution in [2.75, 3.05) is 39.4 Å². The number of morpholine rings is 1. The van der Waals surface area contributed by atoms with E-state index in [9.17, 15) is 14.9 Å². The van der Waals surface area contributed by atoms with Crippen LogP contribution in [0.15, 0.2) is 30.3 Å². The van der Waals surface area contributed by atoms with E-state index in [4.69, 9.17) is 4.74 Å². The first-order chi connectivity index (χ1) is 16.6. The molecule has 3 amide bonds. The van der Waals surface area contributed by atoms with E-state index in [1.165, 1.54) is 24.8 Å². The molecule has 3 fully saturated rings. The lowest BCUT2D eigenvalue weighted by atomic mass is 9.84. The highest BCUT2D eigenvalue weighted by Crippen LogP contribution is 2.28. The maximum atomic E-state index is 13.5. The molecule has 0 bridgehead atoms. The summed E-state index contributed by atoms with van der Waals surface area (Å²) in [6.45, 7) is 4.07. The van der Waals surface area contributed by atoms with E-state index in [0.29, 0.717) is 51.6 Å². The van der Waals surface area contributed by atoms with Gasteiger partial charge in [0.15, 0.2) is 0 Å². The van der Waals surface area contributed by atoms with E-state index in [0.717, 1.165) is 25.9 Å². The van der Waals surface area contributed by atoms with Gasteiger partial charge in [-0.15, -0.1) is 0 Å². The lowest BCUT2D eigenvalue weighted by Gasteiger charge is -2.32. The van der Waals surface area contributed by atoms with E-state index in [1.54, 1.807) is 4.90 Å². The summed E-state index contributed by atoms with van der Waals surface area (Å²) in [6.07, 6.45) is 6.96. The number of benzene rings is 1. The van der Waals surface area contributed by atoms with Gasteiger partial charge in [-0.2, -0.15) is 5.26 Å². The van der Waals surface area contributed by atoms with Crippen molar-refractivity contribution in [2.45, 2.75) is 63.1 Å². The van der Waals surface area contributed by atoms with Crippen LogP contribution in [0, 0.1) is 17.2 Å². The van der Waals surface area contributed by atoms with Crippen LogP contribution in [0.1, 0.15) is 50.5 Å². The molecular formula is C26H37N5O3. The third-order valence-electron chi connectivity index (χ3n) is 7.38. The van der Waals surface area contributed by atoms with Gasteiger partial charge in [0.2, 0.25) is 5.91 Å². The second-order valence-electron chi connectivity index (χ2n) is 9.97. The van der Waals surface area contributed by atoms with Crippen LogP contribution in [-0.2, 0) is 16.1 Å². The number of rotatable bonds is 7. The number of nitrogens with one attached hydrogen (secondary N) is 2. The first-order valence-electron chi connectivity index (χ1n) is 12.7. The Morgan fingerprint density at radius 3 is 2.56 bits per heavy atom. The number of amides is 3. The zero-order chi connectivity index (χ0) is 23.8. The monoisotopic (exact) mass is 467 g/mol. The topological polar surface area (TPSA) is 97.7 Å². The fourth-order valence-corrected chi connectivity index (χ4v) is 5.40. The number of ether oxygens (including phenoxy) is 1. The molecule has 0 spiro atoms. The Morgan fingerprint density at radius 2 is 1.85 bits per heavy atom. The number of likely N-dealkylation sites (tertiary alicyclic amines) is 1. The van der Waals surface area contributed by atoms with Crippen molar-refractivity contribution >= 4 is 11.9 Å². The van der Waals surface area contributed by atoms with E-state index < -0.39 is 11.6 Å². The predicted molar refractivity (Wildman–Crippen MR) is 129 cm³/mol. The highest BCUT2D eigenvalue weighted by atomic mass is 16.5. The molecule has 8 nitrogen and oxygen atoms in total. The fourth-order valence-electron chi connectivity index (χ4n) is 5.40. The molecule has 3 aliphatic rings. The molecule has 34 heavy (non-hydrogen) atoms. The van der Waals surface area contributed by atoms with E-state index in [-0.39, 0.29) is 11.9 Å². The van der Waals surface area contributed by atoms with E-state index >= 15 is 0 Å². The molecule has 1 aromatic rings. The molecule has 1 saturated carbocycles. The highest BCUT2D eigenvalue weighted by Gasteiger charge is 2.41. The van der Waals surface area contributed by atoms with Gasteiger partial charge in [-0.25, -0.2) is 4.79 Å². The van der Waals surface area contributed by atoms with Crippen molar-refractivity contribution in [2.24, 2.45) is 5.92 Å². The molecule has 2 saturated heterocycles. The Morgan fingerprint density at radius 1 is 1.12 bits per heavy atom. The standard InChI is InChI=1S/C26H37N5O3/c27-19-26(11-12-30(20-26)18-22-9-5-2-6-10-22)29-24(32)23(17-21-7-3-1-4-8-21)28-25(33)31-13-15-34-16-14-31/h2,5-6,9-10,21,23H,1,3-4,7-8,11-18,20H2,(H,28,33)(H,29,32)/t23-,26?/m0/s1. The van der Waals surface area contributed by atoms with Gasteiger partial charge >= 0.3 is 6.03 Å². The van der Waals surface area contributed by atoms with Gasteiger partial charge in [0.05, 0.1) is 19.3 Å². The summed E-state index contributed by atoms with van der Waals surface area (Å²) in [6, 6.07) is 11.7. The van der Waals surface area contributed by atoms with Gasteiger partial charge in [0, 0.05) is 32.7 Å². The predicted octanol–water partition coefficient (Wildman–Crippen LogP) is 2.65. The third-order valence-corrected chi connectivity index (χ3v) is 7.38. The van der Waals surface area contributed by atoms with Crippen molar-refractivity contribution in [3.8, 4) is 6.07 Å². The summed E-state index contributed by atoms with van der Waals surface area (Å²) in [5, 5.41) is 16.1. The largest absolute Gasteiger partial charge is 0.378 e. The number of nitriles is 1. The maximum Gasteiger partial charge on any atom is 0.318 e. The molecule has 0 aromatic heterocycles. The van der Waals surface area contributed by atoms with Crippen LogP contribution < -0.4 is 10.6 Å². The SMILES string of the molecule is N#CC1(NC(=O)[C@H](CC2CCCCC2)NC(=O)N2CCOCC2)CCN(Cc2ccccc2)C1. The molecule has 1 unspecified atom stereocenters. The van der Waals surface area contributed by atoms with E-state index in [1.807, 2.05) is 18.2 Å². The molecule has 2 aliphatic heterocycles. The quantitative estimate of drug-likeness (QED) is 0.643. The normalized spacial score (nSPS) is 24.9. The van der Waals surface area contributed by atoms with Gasteiger partial charge in [-0.05, 0) is 24.3 Å². The van der Waals surface area contributed by atoms with Crippen LogP contribution in [0.25, 0.3) is 0 Å². The average Bonchev–Trinajstić information content (AvgIpc) is 3.28. The van der Waals surface area contributed by atoms with Crippen molar-refractivity contribution in [3.05, 3.63) is 35.9 Å². The Balaban J connectivity index is 1.40. The van der Waals surface area contributed by atoms with Crippen LogP contribution in [0.3, 0.4) is 0 Å². The van der Waals surface area contributed by atoms with Crippen molar-refractivity contribution in [1.82, 2.24) is 20.4 Å². The molecule has 184 valence electrons. The summed E-state index contributed by atoms with van der Waals surface area (Å²) in [5.41, 5.74) is 0.260. The van der Waals surface area contributed by atoms with Crippen LogP contribution in [-0.4, -0.2) is 72.7 Å². The Bertz CT molecular complexity index is 861.